The molecule has 4 aromatic rings. The topological polar surface area (TPSA) is 111 Å². The lowest BCUT2D eigenvalue weighted by Gasteiger charge is -2.15. The van der Waals surface area contributed by atoms with E-state index in [1.807, 2.05) is 66.7 Å². The normalized spacial score (nSPS) is 11.7. The quantitative estimate of drug-likeness (QED) is 0.157. The van der Waals surface area contributed by atoms with Crippen molar-refractivity contribution in [1.82, 2.24) is 20.3 Å². The molecule has 0 aliphatic rings. The maximum Gasteiger partial charge on any atom is 0.298 e. The predicted molar refractivity (Wildman–Crippen MR) is 131 cm³/mol. The molecular weight excluding hydrogens is 450 g/mol. The van der Waals surface area contributed by atoms with E-state index >= 15 is 0 Å². The van der Waals surface area contributed by atoms with Crippen molar-refractivity contribution in [3.63, 3.8) is 0 Å². The number of pyridine rings is 1. The summed E-state index contributed by atoms with van der Waals surface area (Å²) < 4.78 is 0. The van der Waals surface area contributed by atoms with Crippen LogP contribution in [0.3, 0.4) is 0 Å². The Morgan fingerprint density at radius 3 is 2.44 bits per heavy atom. The Morgan fingerprint density at radius 2 is 1.76 bits per heavy atom. The van der Waals surface area contributed by atoms with Crippen molar-refractivity contribution in [1.29, 1.82) is 0 Å². The summed E-state index contributed by atoms with van der Waals surface area (Å²) in [4.78, 5) is 20.4. The van der Waals surface area contributed by atoms with Crippen molar-refractivity contribution in [3.8, 4) is 11.1 Å². The van der Waals surface area contributed by atoms with E-state index in [0.29, 0.717) is 18.0 Å². The molecule has 0 radical (unpaired) electrons. The fourth-order valence-corrected chi connectivity index (χ4v) is 3.81. The largest absolute Gasteiger partial charge is 0.378 e. The SMILES string of the molecule is O=C(c1cscn1)N(O)CNc1ccc(-c2ccc(CC(O)NCc3ccccc3)nc2)cc1. The van der Waals surface area contributed by atoms with E-state index in [1.165, 1.54) is 11.3 Å². The van der Waals surface area contributed by atoms with Crippen LogP contribution in [0.25, 0.3) is 11.1 Å². The van der Waals surface area contributed by atoms with E-state index in [4.69, 9.17) is 0 Å². The fraction of sp³-hybridized carbons (Fsp3) is 0.160. The molecule has 4 N–H and O–H groups in total. The van der Waals surface area contributed by atoms with Gasteiger partial charge in [-0.05, 0) is 29.3 Å². The minimum absolute atomic E-state index is 0.0629. The molecule has 0 saturated carbocycles. The van der Waals surface area contributed by atoms with Crippen LogP contribution in [0.2, 0.25) is 0 Å². The van der Waals surface area contributed by atoms with E-state index in [0.717, 1.165) is 28.1 Å². The number of hydrogen-bond donors (Lipinski definition) is 4. The van der Waals surface area contributed by atoms with Crippen LogP contribution in [0.1, 0.15) is 21.7 Å². The van der Waals surface area contributed by atoms with Gasteiger partial charge in [-0.3, -0.25) is 20.3 Å². The summed E-state index contributed by atoms with van der Waals surface area (Å²) in [7, 11) is 0. The van der Waals surface area contributed by atoms with Crippen molar-refractivity contribution in [2.45, 2.75) is 19.2 Å². The maximum absolute atomic E-state index is 12.0. The van der Waals surface area contributed by atoms with Crippen molar-refractivity contribution in [2.75, 3.05) is 12.0 Å². The first-order chi connectivity index (χ1) is 16.6. The lowest BCUT2D eigenvalue weighted by Crippen LogP contribution is -2.32. The van der Waals surface area contributed by atoms with Gasteiger partial charge in [0.15, 0.2) is 0 Å². The second kappa shape index (κ2) is 11.5. The van der Waals surface area contributed by atoms with Crippen LogP contribution < -0.4 is 10.6 Å². The molecule has 0 spiro atoms. The third kappa shape index (κ3) is 6.46. The van der Waals surface area contributed by atoms with Crippen LogP contribution in [-0.2, 0) is 13.0 Å². The zero-order chi connectivity index (χ0) is 23.8. The van der Waals surface area contributed by atoms with Crippen molar-refractivity contribution >= 4 is 22.9 Å². The van der Waals surface area contributed by atoms with Gasteiger partial charge in [-0.1, -0.05) is 48.5 Å². The number of benzene rings is 2. The number of thiazole rings is 1. The van der Waals surface area contributed by atoms with Crippen molar-refractivity contribution < 1.29 is 15.1 Å². The Morgan fingerprint density at radius 1 is 1.00 bits per heavy atom. The molecule has 1 atom stereocenters. The summed E-state index contributed by atoms with van der Waals surface area (Å²) in [5.74, 6) is -0.558. The lowest BCUT2D eigenvalue weighted by molar-refractivity contribution is -0.0529. The van der Waals surface area contributed by atoms with Crippen LogP contribution in [0.15, 0.2) is 83.8 Å². The summed E-state index contributed by atoms with van der Waals surface area (Å²) >= 11 is 1.29. The number of amides is 1. The average Bonchev–Trinajstić information content (AvgIpc) is 3.42. The number of carbonyl (C=O) groups excluding carboxylic acids is 1. The number of rotatable bonds is 10. The highest BCUT2D eigenvalue weighted by Crippen LogP contribution is 2.21. The van der Waals surface area contributed by atoms with E-state index in [2.05, 4.69) is 20.6 Å². The summed E-state index contributed by atoms with van der Waals surface area (Å²) in [5, 5.41) is 28.4. The molecule has 174 valence electrons. The van der Waals surface area contributed by atoms with Crippen LogP contribution in [0.5, 0.6) is 0 Å². The first-order valence-corrected chi connectivity index (χ1v) is 11.7. The highest BCUT2D eigenvalue weighted by Gasteiger charge is 2.15. The number of carbonyl (C=O) groups is 1. The van der Waals surface area contributed by atoms with Crippen LogP contribution in [0.4, 0.5) is 5.69 Å². The van der Waals surface area contributed by atoms with Gasteiger partial charge in [0.2, 0.25) is 0 Å². The monoisotopic (exact) mass is 475 g/mol. The average molecular weight is 476 g/mol. The molecule has 0 aliphatic heterocycles. The second-order valence-corrected chi connectivity index (χ2v) is 8.33. The Labute approximate surface area is 201 Å². The van der Waals surface area contributed by atoms with Crippen LogP contribution in [0, 0.1) is 0 Å². The first-order valence-electron chi connectivity index (χ1n) is 10.7. The number of nitrogens with one attached hydrogen (secondary N) is 2. The van der Waals surface area contributed by atoms with E-state index in [1.54, 1.807) is 17.1 Å². The van der Waals surface area contributed by atoms with Gasteiger partial charge < -0.3 is 10.4 Å². The minimum atomic E-state index is -0.683. The molecule has 1 amide bonds. The molecule has 4 rings (SSSR count). The summed E-state index contributed by atoms with van der Waals surface area (Å²) in [6.07, 6.45) is 1.51. The van der Waals surface area contributed by atoms with Gasteiger partial charge in [0, 0.05) is 41.5 Å². The number of aliphatic hydroxyl groups is 1. The standard InChI is InChI=1S/C25H25N5O3S/c31-24(27-13-18-4-2-1-3-5-18)12-22-11-8-20(14-26-22)19-6-9-21(10-7-19)28-16-30(33)25(32)23-15-34-17-29-23/h1-11,14-15,17,24,27-28,31,33H,12-13,16H2. The highest BCUT2D eigenvalue weighted by molar-refractivity contribution is 7.07. The number of hydroxylamine groups is 2. The zero-order valence-electron chi connectivity index (χ0n) is 18.3. The molecule has 0 saturated heterocycles. The number of anilines is 1. The van der Waals surface area contributed by atoms with Crippen LogP contribution in [-0.4, -0.2) is 44.1 Å². The number of hydrogen-bond acceptors (Lipinski definition) is 8. The highest BCUT2D eigenvalue weighted by atomic mass is 32.1. The number of nitrogens with zero attached hydrogens (tertiary/aromatic N) is 3. The third-order valence-electron chi connectivity index (χ3n) is 5.15. The molecule has 1 unspecified atom stereocenters. The van der Waals surface area contributed by atoms with Gasteiger partial charge in [0.05, 0.1) is 5.51 Å². The molecule has 8 nitrogen and oxygen atoms in total. The van der Waals surface area contributed by atoms with Crippen LogP contribution >= 0.6 is 11.3 Å². The Kier molecular flexibility index (Phi) is 7.95. The Hall–Kier alpha value is -3.63. The van der Waals surface area contributed by atoms with Crippen molar-refractivity contribution in [2.24, 2.45) is 0 Å². The fourth-order valence-electron chi connectivity index (χ4n) is 3.29. The molecule has 0 bridgehead atoms. The lowest BCUT2D eigenvalue weighted by atomic mass is 10.1. The number of aliphatic hydroxyl groups excluding tert-OH is 1. The van der Waals surface area contributed by atoms with E-state index in [9.17, 15) is 15.1 Å². The predicted octanol–water partition coefficient (Wildman–Crippen LogP) is 3.76. The minimum Gasteiger partial charge on any atom is -0.378 e. The van der Waals surface area contributed by atoms with Gasteiger partial charge in [0.25, 0.3) is 5.91 Å². The molecule has 0 aliphatic carbocycles. The van der Waals surface area contributed by atoms with Gasteiger partial charge in [0.1, 0.15) is 18.6 Å². The van der Waals surface area contributed by atoms with Gasteiger partial charge in [-0.2, -0.15) is 5.06 Å². The maximum atomic E-state index is 12.0. The molecule has 2 heterocycles. The summed E-state index contributed by atoms with van der Waals surface area (Å²) in [5.41, 5.74) is 6.34. The smallest absolute Gasteiger partial charge is 0.298 e. The third-order valence-corrected chi connectivity index (χ3v) is 5.74. The van der Waals surface area contributed by atoms with E-state index < -0.39 is 12.1 Å². The van der Waals surface area contributed by atoms with Gasteiger partial charge in [-0.25, -0.2) is 4.98 Å². The number of aromatic nitrogens is 2. The van der Waals surface area contributed by atoms with E-state index in [-0.39, 0.29) is 12.4 Å². The molecule has 2 aromatic carbocycles. The van der Waals surface area contributed by atoms with Crippen molar-refractivity contribution in [3.05, 3.63) is 101 Å². The molecular formula is C25H25N5O3S. The summed E-state index contributed by atoms with van der Waals surface area (Å²) in [6.45, 7) is 0.528. The Balaban J connectivity index is 1.26. The first kappa shape index (κ1) is 23.5. The summed E-state index contributed by atoms with van der Waals surface area (Å²) in [6, 6.07) is 21.4. The zero-order valence-corrected chi connectivity index (χ0v) is 19.2. The second-order valence-electron chi connectivity index (χ2n) is 7.62. The van der Waals surface area contributed by atoms with Gasteiger partial charge >= 0.3 is 0 Å². The molecule has 2 aromatic heterocycles. The molecule has 34 heavy (non-hydrogen) atoms. The van der Waals surface area contributed by atoms with Gasteiger partial charge in [-0.15, -0.1) is 11.3 Å². The Bertz CT molecular complexity index is 1170. The molecule has 0 fully saturated rings. The molecule has 9 heteroatoms.